The van der Waals surface area contributed by atoms with Gasteiger partial charge in [-0.05, 0) is 28.8 Å². The smallest absolute Gasteiger partial charge is 0.119 e. The van der Waals surface area contributed by atoms with Gasteiger partial charge in [-0.15, -0.1) is 0 Å². The van der Waals surface area contributed by atoms with Gasteiger partial charge < -0.3 is 19.3 Å². The molecule has 1 fully saturated rings. The lowest BCUT2D eigenvalue weighted by Crippen LogP contribution is -2.57. The van der Waals surface area contributed by atoms with Crippen molar-refractivity contribution in [2.45, 2.75) is 47.9 Å². The minimum absolute atomic E-state index is 0.177. The van der Waals surface area contributed by atoms with Crippen molar-refractivity contribution in [3.63, 3.8) is 0 Å². The fourth-order valence-electron chi connectivity index (χ4n) is 3.78. The molecule has 0 amide bonds. The van der Waals surface area contributed by atoms with E-state index in [1.165, 1.54) is 11.8 Å². The van der Waals surface area contributed by atoms with Crippen LogP contribution in [0.25, 0.3) is 10.4 Å². The van der Waals surface area contributed by atoms with Gasteiger partial charge in [0.2, 0.25) is 0 Å². The second-order valence-corrected chi connectivity index (χ2v) is 9.09. The lowest BCUT2D eigenvalue weighted by Gasteiger charge is -2.42. The first kappa shape index (κ1) is 24.3. The van der Waals surface area contributed by atoms with Crippen LogP contribution in [0.4, 0.5) is 0 Å². The normalized spacial score (nSPS) is 24.3. The fourth-order valence-corrected chi connectivity index (χ4v) is 4.91. The van der Waals surface area contributed by atoms with E-state index in [1.807, 2.05) is 91.0 Å². The Balaban J connectivity index is 1.51. The summed E-state index contributed by atoms with van der Waals surface area (Å²) in [5, 5.41) is 15.1. The molecule has 1 heterocycles. The molecule has 0 spiro atoms. The zero-order valence-corrected chi connectivity index (χ0v) is 19.4. The largest absolute Gasteiger partial charge is 0.388 e. The highest BCUT2D eigenvalue weighted by molar-refractivity contribution is 7.99. The van der Waals surface area contributed by atoms with Crippen LogP contribution in [0.1, 0.15) is 11.1 Å². The van der Waals surface area contributed by atoms with Gasteiger partial charge in [0.05, 0.1) is 25.9 Å². The van der Waals surface area contributed by atoms with Crippen molar-refractivity contribution < 1.29 is 19.3 Å². The Morgan fingerprint density at radius 2 is 1.47 bits per heavy atom. The molecule has 2 unspecified atom stereocenters. The van der Waals surface area contributed by atoms with Gasteiger partial charge in [0.15, 0.2) is 0 Å². The summed E-state index contributed by atoms with van der Waals surface area (Å²) in [6.45, 7) is 0.857. The number of hydrogen-bond acceptors (Lipinski definition) is 6. The summed E-state index contributed by atoms with van der Waals surface area (Å²) in [5.74, 6) is 0. The van der Waals surface area contributed by atoms with Crippen LogP contribution >= 0.6 is 11.8 Å². The zero-order chi connectivity index (χ0) is 23.6. The first-order valence-corrected chi connectivity index (χ1v) is 12.0. The third-order valence-electron chi connectivity index (χ3n) is 5.50. The minimum Gasteiger partial charge on any atom is -0.388 e. The molecule has 1 saturated heterocycles. The molecule has 1 aliphatic heterocycles. The monoisotopic (exact) mass is 477 g/mol. The molecule has 34 heavy (non-hydrogen) atoms. The predicted molar refractivity (Wildman–Crippen MR) is 131 cm³/mol. The molecule has 1 N–H and O–H groups in total. The van der Waals surface area contributed by atoms with E-state index in [4.69, 9.17) is 14.2 Å². The summed E-state index contributed by atoms with van der Waals surface area (Å²) in [5.41, 5.74) is 10.7. The average molecular weight is 478 g/mol. The molecule has 8 heteroatoms. The molecule has 0 aliphatic carbocycles. The Kier molecular flexibility index (Phi) is 8.98. The second-order valence-electron chi connectivity index (χ2n) is 7.92. The van der Waals surface area contributed by atoms with Crippen molar-refractivity contribution in [1.82, 2.24) is 0 Å². The van der Waals surface area contributed by atoms with Crippen LogP contribution in [-0.2, 0) is 27.4 Å². The molecule has 0 aromatic heterocycles. The van der Waals surface area contributed by atoms with Gasteiger partial charge in [0, 0.05) is 9.81 Å². The van der Waals surface area contributed by atoms with Crippen molar-refractivity contribution >= 4 is 11.8 Å². The number of rotatable bonds is 10. The number of aliphatic hydroxyl groups is 1. The van der Waals surface area contributed by atoms with Crippen LogP contribution < -0.4 is 0 Å². The summed E-state index contributed by atoms with van der Waals surface area (Å²) in [4.78, 5) is 3.99. The highest BCUT2D eigenvalue weighted by Gasteiger charge is 2.46. The third-order valence-corrected chi connectivity index (χ3v) is 6.67. The topological polar surface area (TPSA) is 96.7 Å². The van der Waals surface area contributed by atoms with Gasteiger partial charge in [-0.25, -0.2) is 0 Å². The highest BCUT2D eigenvalue weighted by atomic mass is 32.2. The van der Waals surface area contributed by atoms with Gasteiger partial charge in [0.1, 0.15) is 23.7 Å². The van der Waals surface area contributed by atoms with Crippen LogP contribution in [0.2, 0.25) is 0 Å². The van der Waals surface area contributed by atoms with Crippen molar-refractivity contribution in [3.8, 4) is 0 Å². The lowest BCUT2D eigenvalue weighted by atomic mass is 9.98. The van der Waals surface area contributed by atoms with E-state index in [1.54, 1.807) is 0 Å². The molecular weight excluding hydrogens is 450 g/mol. The van der Waals surface area contributed by atoms with Crippen LogP contribution in [0.5, 0.6) is 0 Å². The maximum atomic E-state index is 11.2. The number of azide groups is 1. The second kappa shape index (κ2) is 12.6. The SMILES string of the molecule is [N-]=[N+]=NC1[C@@H](OCc2ccccc2)[C@@H](O)C(COCc2ccccc2)O[C@H]1Sc1ccccc1. The molecule has 0 bridgehead atoms. The number of benzene rings is 3. The van der Waals surface area contributed by atoms with Crippen molar-refractivity contribution in [3.05, 3.63) is 113 Å². The van der Waals surface area contributed by atoms with Gasteiger partial charge in [-0.1, -0.05) is 95.7 Å². The Bertz CT molecular complexity index is 1050. The molecule has 3 aromatic rings. The summed E-state index contributed by atoms with van der Waals surface area (Å²) in [6.07, 6.45) is -2.42. The van der Waals surface area contributed by atoms with E-state index in [-0.39, 0.29) is 13.2 Å². The molecule has 1 aliphatic rings. The van der Waals surface area contributed by atoms with Crippen LogP contribution in [-0.4, -0.2) is 41.5 Å². The Morgan fingerprint density at radius 1 is 0.882 bits per heavy atom. The molecular formula is C26H27N3O4S. The third kappa shape index (κ3) is 6.61. The lowest BCUT2D eigenvalue weighted by molar-refractivity contribution is -0.190. The number of hydrogen-bond donors (Lipinski definition) is 1. The maximum absolute atomic E-state index is 11.2. The number of nitrogens with zero attached hydrogens (tertiary/aromatic N) is 3. The molecule has 7 nitrogen and oxygen atoms in total. The fraction of sp³-hybridized carbons (Fsp3) is 0.308. The molecule has 0 radical (unpaired) electrons. The van der Waals surface area contributed by atoms with E-state index in [2.05, 4.69) is 10.0 Å². The number of aliphatic hydroxyl groups excluding tert-OH is 1. The standard InChI is InChI=1S/C26H27N3O4S/c27-29-28-23-25(32-17-20-12-6-2-7-13-20)24(30)22(18-31-16-19-10-4-1-5-11-19)33-26(23)34-21-14-8-3-9-15-21/h1-15,22-26,30H,16-18H2/t22?,23?,24-,25+,26-/m0/s1. The van der Waals surface area contributed by atoms with Crippen molar-refractivity contribution in [2.24, 2.45) is 5.11 Å². The van der Waals surface area contributed by atoms with Gasteiger partial charge in [0.25, 0.3) is 0 Å². The summed E-state index contributed by atoms with van der Waals surface area (Å²) >= 11 is 1.44. The summed E-state index contributed by atoms with van der Waals surface area (Å²) < 4.78 is 18.3. The highest BCUT2D eigenvalue weighted by Crippen LogP contribution is 2.36. The Morgan fingerprint density at radius 3 is 2.09 bits per heavy atom. The van der Waals surface area contributed by atoms with Crippen molar-refractivity contribution in [1.29, 1.82) is 0 Å². The molecule has 4 rings (SSSR count). The van der Waals surface area contributed by atoms with Gasteiger partial charge in [-0.3, -0.25) is 0 Å². The van der Waals surface area contributed by atoms with Crippen LogP contribution in [0, 0.1) is 0 Å². The van der Waals surface area contributed by atoms with E-state index in [0.29, 0.717) is 6.61 Å². The Hall–Kier alpha value is -2.84. The summed E-state index contributed by atoms with van der Waals surface area (Å²) in [6, 6.07) is 28.5. The average Bonchev–Trinajstić information content (AvgIpc) is 2.88. The first-order valence-electron chi connectivity index (χ1n) is 11.1. The molecule has 3 aromatic carbocycles. The Labute approximate surface area is 203 Å². The number of ether oxygens (including phenoxy) is 3. The molecule has 0 saturated carbocycles. The van der Waals surface area contributed by atoms with Crippen LogP contribution in [0.15, 0.2) is 101 Å². The van der Waals surface area contributed by atoms with Crippen LogP contribution in [0.3, 0.4) is 0 Å². The molecule has 5 atom stereocenters. The van der Waals surface area contributed by atoms with E-state index >= 15 is 0 Å². The first-order chi connectivity index (χ1) is 16.7. The van der Waals surface area contributed by atoms with E-state index in [9.17, 15) is 10.6 Å². The summed E-state index contributed by atoms with van der Waals surface area (Å²) in [7, 11) is 0. The maximum Gasteiger partial charge on any atom is 0.119 e. The quantitative estimate of drug-likeness (QED) is 0.241. The predicted octanol–water partition coefficient (Wildman–Crippen LogP) is 5.35. The number of thioether (sulfide) groups is 1. The van der Waals surface area contributed by atoms with E-state index < -0.39 is 29.8 Å². The van der Waals surface area contributed by atoms with Gasteiger partial charge in [-0.2, -0.15) is 0 Å². The molecule has 176 valence electrons. The van der Waals surface area contributed by atoms with Crippen molar-refractivity contribution in [2.75, 3.05) is 6.61 Å². The minimum atomic E-state index is -1.03. The zero-order valence-electron chi connectivity index (χ0n) is 18.6. The van der Waals surface area contributed by atoms with Gasteiger partial charge >= 0.3 is 0 Å². The van der Waals surface area contributed by atoms with E-state index in [0.717, 1.165) is 16.0 Å².